The van der Waals surface area contributed by atoms with Gasteiger partial charge in [0.15, 0.2) is 0 Å². The third kappa shape index (κ3) is 1.36. The molecule has 0 aliphatic rings. The SMILES string of the molecule is C=CCc1[nH]ccc1Cl. The van der Waals surface area contributed by atoms with E-state index in [1.54, 1.807) is 0 Å². The van der Waals surface area contributed by atoms with Crippen molar-refractivity contribution in [1.29, 1.82) is 0 Å². The average molecular weight is 142 g/mol. The standard InChI is InChI=1S/C7H8ClN/c1-2-3-7-6(8)4-5-9-7/h2,4-5,9H,1,3H2. The smallest absolute Gasteiger partial charge is 0.0616 e. The number of halogens is 1. The van der Waals surface area contributed by atoms with Crippen molar-refractivity contribution in [2.75, 3.05) is 0 Å². The monoisotopic (exact) mass is 141 g/mol. The van der Waals surface area contributed by atoms with Gasteiger partial charge in [0.1, 0.15) is 0 Å². The largest absolute Gasteiger partial charge is 0.363 e. The second-order valence-electron chi connectivity index (χ2n) is 1.80. The Morgan fingerprint density at radius 3 is 3.00 bits per heavy atom. The summed E-state index contributed by atoms with van der Waals surface area (Å²) in [4.78, 5) is 3.00. The Hall–Kier alpha value is -0.690. The molecule has 0 amide bonds. The van der Waals surface area contributed by atoms with E-state index in [2.05, 4.69) is 11.6 Å². The van der Waals surface area contributed by atoms with E-state index in [4.69, 9.17) is 11.6 Å². The third-order valence-corrected chi connectivity index (χ3v) is 1.48. The summed E-state index contributed by atoms with van der Waals surface area (Å²) in [6.45, 7) is 3.60. The Bertz CT molecular complexity index is 202. The fourth-order valence-electron chi connectivity index (χ4n) is 0.686. The highest BCUT2D eigenvalue weighted by Crippen LogP contribution is 2.13. The Morgan fingerprint density at radius 2 is 2.56 bits per heavy atom. The normalized spacial score (nSPS) is 9.44. The first-order valence-electron chi connectivity index (χ1n) is 2.77. The van der Waals surface area contributed by atoms with Gasteiger partial charge >= 0.3 is 0 Å². The van der Waals surface area contributed by atoms with Gasteiger partial charge < -0.3 is 4.98 Å². The first-order chi connectivity index (χ1) is 4.34. The van der Waals surface area contributed by atoms with Crippen molar-refractivity contribution in [2.45, 2.75) is 6.42 Å². The van der Waals surface area contributed by atoms with Crippen LogP contribution in [0.2, 0.25) is 5.02 Å². The molecule has 0 aromatic carbocycles. The molecular formula is C7H8ClN. The first-order valence-corrected chi connectivity index (χ1v) is 3.15. The number of hydrogen-bond acceptors (Lipinski definition) is 0. The summed E-state index contributed by atoms with van der Waals surface area (Å²) in [5, 5.41) is 0.787. The van der Waals surface area contributed by atoms with Crippen LogP contribution in [0.25, 0.3) is 0 Å². The van der Waals surface area contributed by atoms with E-state index in [9.17, 15) is 0 Å². The van der Waals surface area contributed by atoms with Gasteiger partial charge in [-0.2, -0.15) is 0 Å². The fraction of sp³-hybridized carbons (Fsp3) is 0.143. The highest BCUT2D eigenvalue weighted by molar-refractivity contribution is 6.31. The van der Waals surface area contributed by atoms with Crippen LogP contribution in [0.5, 0.6) is 0 Å². The van der Waals surface area contributed by atoms with Gasteiger partial charge in [-0.15, -0.1) is 6.58 Å². The van der Waals surface area contributed by atoms with E-state index in [1.807, 2.05) is 18.3 Å². The molecule has 1 N–H and O–H groups in total. The van der Waals surface area contributed by atoms with Crippen molar-refractivity contribution in [3.63, 3.8) is 0 Å². The zero-order valence-corrected chi connectivity index (χ0v) is 5.78. The van der Waals surface area contributed by atoms with Crippen LogP contribution < -0.4 is 0 Å². The number of allylic oxidation sites excluding steroid dienone is 1. The molecule has 9 heavy (non-hydrogen) atoms. The van der Waals surface area contributed by atoms with Gasteiger partial charge in [0.25, 0.3) is 0 Å². The van der Waals surface area contributed by atoms with Gasteiger partial charge in [-0.1, -0.05) is 17.7 Å². The van der Waals surface area contributed by atoms with Crippen molar-refractivity contribution in [1.82, 2.24) is 4.98 Å². The fourth-order valence-corrected chi connectivity index (χ4v) is 0.880. The zero-order chi connectivity index (χ0) is 6.69. The Morgan fingerprint density at radius 1 is 1.78 bits per heavy atom. The van der Waals surface area contributed by atoms with E-state index in [-0.39, 0.29) is 0 Å². The average Bonchev–Trinajstić information content (AvgIpc) is 2.18. The minimum Gasteiger partial charge on any atom is -0.363 e. The predicted molar refractivity (Wildman–Crippen MR) is 39.7 cm³/mol. The molecule has 0 atom stereocenters. The number of hydrogen-bond donors (Lipinski definition) is 1. The minimum atomic E-state index is 0.787. The molecule has 0 radical (unpaired) electrons. The van der Waals surface area contributed by atoms with E-state index < -0.39 is 0 Å². The highest BCUT2D eigenvalue weighted by atomic mass is 35.5. The molecule has 0 bridgehead atoms. The van der Waals surface area contributed by atoms with E-state index in [0.717, 1.165) is 17.1 Å². The summed E-state index contributed by atoms with van der Waals surface area (Å²) in [7, 11) is 0. The van der Waals surface area contributed by atoms with Crippen molar-refractivity contribution in [3.8, 4) is 0 Å². The topological polar surface area (TPSA) is 15.8 Å². The lowest BCUT2D eigenvalue weighted by Gasteiger charge is -1.88. The molecule has 0 spiro atoms. The number of H-pyrrole nitrogens is 1. The molecular weight excluding hydrogens is 134 g/mol. The summed E-state index contributed by atoms with van der Waals surface area (Å²) in [6.07, 6.45) is 4.45. The van der Waals surface area contributed by atoms with Crippen LogP contribution in [0.1, 0.15) is 5.69 Å². The van der Waals surface area contributed by atoms with Crippen LogP contribution in [-0.4, -0.2) is 4.98 Å². The van der Waals surface area contributed by atoms with Crippen LogP contribution in [0, 0.1) is 0 Å². The van der Waals surface area contributed by atoms with Crippen molar-refractivity contribution in [3.05, 3.63) is 35.6 Å². The Kier molecular flexibility index (Phi) is 1.96. The number of rotatable bonds is 2. The summed E-state index contributed by atoms with van der Waals surface area (Å²) in [6, 6.07) is 1.83. The molecule has 0 saturated heterocycles. The second kappa shape index (κ2) is 2.74. The molecule has 0 aliphatic heterocycles. The lowest BCUT2D eigenvalue weighted by Crippen LogP contribution is -1.78. The van der Waals surface area contributed by atoms with E-state index in [1.165, 1.54) is 0 Å². The van der Waals surface area contributed by atoms with Crippen LogP contribution in [0.15, 0.2) is 24.9 Å². The molecule has 0 fully saturated rings. The molecule has 0 aliphatic carbocycles. The molecule has 1 rings (SSSR count). The molecule has 1 nitrogen and oxygen atoms in total. The maximum absolute atomic E-state index is 5.74. The minimum absolute atomic E-state index is 0.787. The van der Waals surface area contributed by atoms with Crippen LogP contribution in [0.3, 0.4) is 0 Å². The molecule has 2 heteroatoms. The number of aromatic amines is 1. The summed E-state index contributed by atoms with van der Waals surface area (Å²) in [5.41, 5.74) is 1.03. The quantitative estimate of drug-likeness (QED) is 0.609. The van der Waals surface area contributed by atoms with Gasteiger partial charge in [0, 0.05) is 18.3 Å². The van der Waals surface area contributed by atoms with Crippen molar-refractivity contribution in [2.24, 2.45) is 0 Å². The first kappa shape index (κ1) is 6.43. The Labute approximate surface area is 59.3 Å². The maximum atomic E-state index is 5.74. The van der Waals surface area contributed by atoms with Crippen LogP contribution in [0.4, 0.5) is 0 Å². The summed E-state index contributed by atoms with van der Waals surface area (Å²) >= 11 is 5.74. The molecule has 48 valence electrons. The van der Waals surface area contributed by atoms with Crippen LogP contribution in [-0.2, 0) is 6.42 Å². The van der Waals surface area contributed by atoms with Gasteiger partial charge in [0.2, 0.25) is 0 Å². The summed E-state index contributed by atoms with van der Waals surface area (Å²) in [5.74, 6) is 0. The number of aromatic nitrogens is 1. The van der Waals surface area contributed by atoms with Gasteiger partial charge in [-0.25, -0.2) is 0 Å². The van der Waals surface area contributed by atoms with Crippen LogP contribution >= 0.6 is 11.6 Å². The second-order valence-corrected chi connectivity index (χ2v) is 2.20. The molecule has 1 aromatic rings. The molecule has 0 saturated carbocycles. The third-order valence-electron chi connectivity index (χ3n) is 1.12. The van der Waals surface area contributed by atoms with Gasteiger partial charge in [-0.05, 0) is 6.07 Å². The number of nitrogens with one attached hydrogen (secondary N) is 1. The van der Waals surface area contributed by atoms with Crippen molar-refractivity contribution >= 4 is 11.6 Å². The molecule has 1 aromatic heterocycles. The van der Waals surface area contributed by atoms with E-state index in [0.29, 0.717) is 0 Å². The maximum Gasteiger partial charge on any atom is 0.0616 e. The molecule has 0 unspecified atom stereocenters. The highest BCUT2D eigenvalue weighted by Gasteiger charge is 1.95. The predicted octanol–water partition coefficient (Wildman–Crippen LogP) is 2.40. The lowest BCUT2D eigenvalue weighted by molar-refractivity contribution is 1.16. The van der Waals surface area contributed by atoms with Gasteiger partial charge in [-0.3, -0.25) is 0 Å². The zero-order valence-electron chi connectivity index (χ0n) is 5.02. The Balaban J connectivity index is 2.80. The van der Waals surface area contributed by atoms with Gasteiger partial charge in [0.05, 0.1) is 5.02 Å². The van der Waals surface area contributed by atoms with E-state index >= 15 is 0 Å². The lowest BCUT2D eigenvalue weighted by atomic mass is 10.3. The summed E-state index contributed by atoms with van der Waals surface area (Å²) < 4.78 is 0. The van der Waals surface area contributed by atoms with Crippen molar-refractivity contribution < 1.29 is 0 Å². The molecule has 1 heterocycles.